The van der Waals surface area contributed by atoms with Gasteiger partial charge in [0.05, 0.1) is 12.9 Å². The molecule has 33 heavy (non-hydrogen) atoms. The Morgan fingerprint density at radius 2 is 1.82 bits per heavy atom. The molecule has 1 aromatic carbocycles. The van der Waals surface area contributed by atoms with Crippen LogP contribution in [0.5, 0.6) is 0 Å². The van der Waals surface area contributed by atoms with E-state index in [1.165, 1.54) is 11.1 Å². The Morgan fingerprint density at radius 1 is 1.18 bits per heavy atom. The maximum absolute atomic E-state index is 13.2. The SMILES string of the molecule is CC(=Cc1ccccc1)C1C[C@@H]1N(C(=O)OC(C)(C)C)C1CCN(CCOS(C)(=O)=O)CC1. The monoisotopic (exact) mass is 478 g/mol. The fraction of sp³-hybridized carbons (Fsp3) is 0.640. The van der Waals surface area contributed by atoms with Gasteiger partial charge in [-0.3, -0.25) is 4.18 Å². The van der Waals surface area contributed by atoms with E-state index in [2.05, 4.69) is 30.0 Å². The van der Waals surface area contributed by atoms with Crippen LogP contribution in [0.25, 0.3) is 6.08 Å². The van der Waals surface area contributed by atoms with E-state index in [0.717, 1.165) is 38.6 Å². The van der Waals surface area contributed by atoms with Crippen LogP contribution in [0.2, 0.25) is 0 Å². The van der Waals surface area contributed by atoms with Gasteiger partial charge in [0.2, 0.25) is 0 Å². The van der Waals surface area contributed by atoms with Crippen LogP contribution in [0.4, 0.5) is 4.79 Å². The van der Waals surface area contributed by atoms with Crippen molar-refractivity contribution in [3.63, 3.8) is 0 Å². The van der Waals surface area contributed by atoms with Crippen molar-refractivity contribution in [3.8, 4) is 0 Å². The molecule has 1 heterocycles. The number of hydrogen-bond acceptors (Lipinski definition) is 6. The molecule has 2 atom stereocenters. The topological polar surface area (TPSA) is 76.2 Å². The van der Waals surface area contributed by atoms with Crippen LogP contribution in [0.15, 0.2) is 35.9 Å². The van der Waals surface area contributed by atoms with E-state index in [1.54, 1.807) is 0 Å². The summed E-state index contributed by atoms with van der Waals surface area (Å²) in [6, 6.07) is 10.5. The molecule has 0 aromatic heterocycles. The van der Waals surface area contributed by atoms with Gasteiger partial charge in [-0.15, -0.1) is 0 Å². The Kier molecular flexibility index (Phi) is 8.24. The molecule has 1 aliphatic heterocycles. The molecule has 8 heteroatoms. The lowest BCUT2D eigenvalue weighted by atomic mass is 10.0. The molecule has 2 aliphatic rings. The van der Waals surface area contributed by atoms with E-state index in [1.807, 2.05) is 43.9 Å². The zero-order valence-corrected chi connectivity index (χ0v) is 21.3. The molecule has 184 valence electrons. The summed E-state index contributed by atoms with van der Waals surface area (Å²) < 4.78 is 33.0. The molecule has 1 saturated carbocycles. The molecule has 0 spiro atoms. The van der Waals surface area contributed by atoms with E-state index in [0.29, 0.717) is 12.5 Å². The zero-order valence-electron chi connectivity index (χ0n) is 20.5. The van der Waals surface area contributed by atoms with Gasteiger partial charge in [0.15, 0.2) is 0 Å². The summed E-state index contributed by atoms with van der Waals surface area (Å²) >= 11 is 0. The summed E-state index contributed by atoms with van der Waals surface area (Å²) in [5.41, 5.74) is 1.92. The number of ether oxygens (including phenoxy) is 1. The van der Waals surface area contributed by atoms with E-state index < -0.39 is 15.7 Å². The van der Waals surface area contributed by atoms with Gasteiger partial charge in [0.25, 0.3) is 10.1 Å². The Bertz CT molecular complexity index is 931. The maximum Gasteiger partial charge on any atom is 0.410 e. The highest BCUT2D eigenvalue weighted by Gasteiger charge is 2.48. The number of benzene rings is 1. The minimum absolute atomic E-state index is 0.117. The standard InChI is InChI=1S/C25H38N2O5S/c1-19(17-20-9-7-6-8-10-20)22-18-23(22)27(24(28)32-25(2,3)4)21-11-13-26(14-12-21)15-16-31-33(5,29)30/h6-10,17,21-23H,11-16,18H2,1-5H3/t22?,23-/m0/s1. The molecule has 1 amide bonds. The van der Waals surface area contributed by atoms with Crippen LogP contribution in [0, 0.1) is 5.92 Å². The molecule has 1 aliphatic carbocycles. The second-order valence-corrected chi connectivity index (χ2v) is 11.8. The summed E-state index contributed by atoms with van der Waals surface area (Å²) in [7, 11) is -3.42. The Hall–Kier alpha value is -1.90. The third kappa shape index (κ3) is 8.12. The molecule has 0 radical (unpaired) electrons. The molecule has 2 fully saturated rings. The first-order chi connectivity index (χ1) is 15.4. The fourth-order valence-corrected chi connectivity index (χ4v) is 4.88. The van der Waals surface area contributed by atoms with Gasteiger partial charge >= 0.3 is 6.09 Å². The highest BCUT2D eigenvalue weighted by atomic mass is 32.2. The molecule has 1 saturated heterocycles. The van der Waals surface area contributed by atoms with E-state index in [4.69, 9.17) is 8.92 Å². The number of carbonyl (C=O) groups excluding carboxylic acids is 1. The molecule has 0 N–H and O–H groups in total. The smallest absolute Gasteiger partial charge is 0.410 e. The average Bonchev–Trinajstić information content (AvgIpc) is 3.48. The van der Waals surface area contributed by atoms with Crippen molar-refractivity contribution in [3.05, 3.63) is 41.5 Å². The summed E-state index contributed by atoms with van der Waals surface area (Å²) in [6.45, 7) is 10.2. The van der Waals surface area contributed by atoms with Crippen molar-refractivity contribution in [1.29, 1.82) is 0 Å². The van der Waals surface area contributed by atoms with E-state index in [-0.39, 0.29) is 24.8 Å². The number of likely N-dealkylation sites (tertiary alicyclic amines) is 1. The fourth-order valence-electron chi connectivity index (χ4n) is 4.51. The van der Waals surface area contributed by atoms with Gasteiger partial charge < -0.3 is 14.5 Å². The zero-order chi connectivity index (χ0) is 24.2. The molecular formula is C25H38N2O5S. The number of nitrogens with zero attached hydrogens (tertiary/aromatic N) is 2. The third-order valence-electron chi connectivity index (χ3n) is 6.15. The van der Waals surface area contributed by atoms with Crippen LogP contribution >= 0.6 is 0 Å². The molecule has 1 unspecified atom stereocenters. The van der Waals surface area contributed by atoms with Crippen LogP contribution in [0.1, 0.15) is 52.5 Å². The van der Waals surface area contributed by atoms with E-state index >= 15 is 0 Å². The van der Waals surface area contributed by atoms with Crippen LogP contribution in [-0.4, -0.2) is 74.5 Å². The first-order valence-corrected chi connectivity index (χ1v) is 13.6. The normalized spacial score (nSPS) is 22.8. The minimum Gasteiger partial charge on any atom is -0.444 e. The Morgan fingerprint density at radius 3 is 2.39 bits per heavy atom. The summed E-state index contributed by atoms with van der Waals surface area (Å²) in [5.74, 6) is 0.346. The van der Waals surface area contributed by atoms with Crippen LogP contribution in [-0.2, 0) is 19.0 Å². The number of piperidine rings is 1. The van der Waals surface area contributed by atoms with Crippen molar-refractivity contribution in [1.82, 2.24) is 9.80 Å². The van der Waals surface area contributed by atoms with Gasteiger partial charge in [-0.25, -0.2) is 4.79 Å². The number of hydrogen-bond donors (Lipinski definition) is 0. The quantitative estimate of drug-likeness (QED) is 0.523. The van der Waals surface area contributed by atoms with Crippen LogP contribution in [0.3, 0.4) is 0 Å². The number of amides is 1. The average molecular weight is 479 g/mol. The number of rotatable bonds is 8. The maximum atomic E-state index is 13.2. The van der Waals surface area contributed by atoms with Crippen molar-refractivity contribution in [2.24, 2.45) is 5.92 Å². The van der Waals surface area contributed by atoms with Crippen molar-refractivity contribution >= 4 is 22.3 Å². The predicted octanol–water partition coefficient (Wildman–Crippen LogP) is 4.16. The van der Waals surface area contributed by atoms with Gasteiger partial charge in [0.1, 0.15) is 5.60 Å². The lowest BCUT2D eigenvalue weighted by Gasteiger charge is -2.39. The van der Waals surface area contributed by atoms with E-state index in [9.17, 15) is 13.2 Å². The number of carbonyl (C=O) groups is 1. The summed E-state index contributed by atoms with van der Waals surface area (Å²) in [4.78, 5) is 17.4. The van der Waals surface area contributed by atoms with Gasteiger partial charge in [-0.05, 0) is 52.5 Å². The first-order valence-electron chi connectivity index (χ1n) is 11.7. The Labute approximate surface area is 198 Å². The molecule has 3 rings (SSSR count). The highest BCUT2D eigenvalue weighted by molar-refractivity contribution is 7.85. The molecule has 1 aromatic rings. The van der Waals surface area contributed by atoms with Crippen molar-refractivity contribution in [2.45, 2.75) is 64.6 Å². The van der Waals surface area contributed by atoms with Gasteiger partial charge in [-0.1, -0.05) is 42.0 Å². The second kappa shape index (κ2) is 10.6. The third-order valence-corrected chi connectivity index (χ3v) is 6.75. The molecule has 0 bridgehead atoms. The van der Waals surface area contributed by atoms with Crippen molar-refractivity contribution < 1.29 is 22.1 Å². The van der Waals surface area contributed by atoms with Gasteiger partial charge in [0, 0.05) is 37.6 Å². The highest BCUT2D eigenvalue weighted by Crippen LogP contribution is 2.44. The predicted molar refractivity (Wildman–Crippen MR) is 130 cm³/mol. The van der Waals surface area contributed by atoms with Gasteiger partial charge in [-0.2, -0.15) is 8.42 Å². The second-order valence-electron chi connectivity index (χ2n) is 10.2. The Balaban J connectivity index is 1.64. The van der Waals surface area contributed by atoms with Crippen molar-refractivity contribution in [2.75, 3.05) is 32.5 Å². The molecule has 7 nitrogen and oxygen atoms in total. The first kappa shape index (κ1) is 25.7. The lowest BCUT2D eigenvalue weighted by Crippen LogP contribution is -2.50. The summed E-state index contributed by atoms with van der Waals surface area (Å²) in [5, 5.41) is 0. The van der Waals surface area contributed by atoms with Crippen LogP contribution < -0.4 is 0 Å². The molecular weight excluding hydrogens is 440 g/mol. The summed E-state index contributed by atoms with van der Waals surface area (Å²) in [6.07, 6.45) is 5.67. The minimum atomic E-state index is -3.42. The lowest BCUT2D eigenvalue weighted by molar-refractivity contribution is 0.00433. The largest absolute Gasteiger partial charge is 0.444 e.